The Morgan fingerprint density at radius 2 is 2.33 bits per heavy atom. The summed E-state index contributed by atoms with van der Waals surface area (Å²) >= 11 is 5.78. The summed E-state index contributed by atoms with van der Waals surface area (Å²) in [6, 6.07) is 2.22. The molecular weight excluding hydrogens is 215 g/mol. The van der Waals surface area contributed by atoms with E-state index in [9.17, 15) is 4.39 Å². The van der Waals surface area contributed by atoms with Crippen molar-refractivity contribution in [3.63, 3.8) is 0 Å². The molecule has 15 heavy (non-hydrogen) atoms. The quantitative estimate of drug-likeness (QED) is 0.774. The average molecular weight is 225 g/mol. The SMILES string of the molecule is Cc1c(C(C#N)C2CC2)ncc(F)c1Cl. The Morgan fingerprint density at radius 1 is 1.67 bits per heavy atom. The van der Waals surface area contributed by atoms with Crippen LogP contribution in [0.1, 0.15) is 30.0 Å². The highest BCUT2D eigenvalue weighted by Gasteiger charge is 2.34. The van der Waals surface area contributed by atoms with Crippen molar-refractivity contribution in [2.24, 2.45) is 5.92 Å². The molecule has 1 heterocycles. The summed E-state index contributed by atoms with van der Waals surface area (Å²) in [5.74, 6) is -0.378. The van der Waals surface area contributed by atoms with Gasteiger partial charge in [-0.3, -0.25) is 4.98 Å². The van der Waals surface area contributed by atoms with E-state index in [1.165, 1.54) is 0 Å². The van der Waals surface area contributed by atoms with Gasteiger partial charge in [0.25, 0.3) is 0 Å². The lowest BCUT2D eigenvalue weighted by Crippen LogP contribution is -2.05. The highest BCUT2D eigenvalue weighted by Crippen LogP contribution is 2.43. The first kappa shape index (κ1) is 10.4. The smallest absolute Gasteiger partial charge is 0.160 e. The van der Waals surface area contributed by atoms with E-state index >= 15 is 0 Å². The van der Waals surface area contributed by atoms with E-state index in [2.05, 4.69) is 11.1 Å². The zero-order valence-electron chi connectivity index (χ0n) is 8.30. The fourth-order valence-electron chi connectivity index (χ4n) is 1.70. The molecule has 2 nitrogen and oxygen atoms in total. The zero-order valence-corrected chi connectivity index (χ0v) is 9.05. The Hall–Kier alpha value is -1.14. The van der Waals surface area contributed by atoms with Crippen LogP contribution in [0.5, 0.6) is 0 Å². The van der Waals surface area contributed by atoms with Gasteiger partial charge in [0.1, 0.15) is 0 Å². The van der Waals surface area contributed by atoms with Crippen LogP contribution >= 0.6 is 11.6 Å². The van der Waals surface area contributed by atoms with Gasteiger partial charge >= 0.3 is 0 Å². The number of nitriles is 1. The first-order valence-corrected chi connectivity index (χ1v) is 5.23. The minimum absolute atomic E-state index is 0.0842. The van der Waals surface area contributed by atoms with Gasteiger partial charge in [-0.05, 0) is 31.2 Å². The van der Waals surface area contributed by atoms with Crippen LogP contribution in [-0.2, 0) is 0 Å². The molecule has 0 N–H and O–H groups in total. The maximum Gasteiger partial charge on any atom is 0.160 e. The van der Waals surface area contributed by atoms with Crippen molar-refractivity contribution in [2.45, 2.75) is 25.7 Å². The molecule has 1 fully saturated rings. The first-order chi connectivity index (χ1) is 7.15. The molecule has 1 aromatic heterocycles. The highest BCUT2D eigenvalue weighted by molar-refractivity contribution is 6.31. The van der Waals surface area contributed by atoms with Gasteiger partial charge in [-0.25, -0.2) is 4.39 Å². The van der Waals surface area contributed by atoms with Gasteiger partial charge in [0.15, 0.2) is 5.82 Å². The number of halogens is 2. The minimum Gasteiger partial charge on any atom is -0.256 e. The standard InChI is InChI=1S/C11H10ClFN2/c1-6-10(12)9(13)5-15-11(6)8(4-14)7-2-3-7/h5,7-8H,2-3H2,1H3. The van der Waals surface area contributed by atoms with Crippen molar-refractivity contribution < 1.29 is 4.39 Å². The van der Waals surface area contributed by atoms with E-state index in [0.29, 0.717) is 17.2 Å². The lowest BCUT2D eigenvalue weighted by molar-refractivity contribution is 0.612. The summed E-state index contributed by atoms with van der Waals surface area (Å²) in [4.78, 5) is 3.99. The summed E-state index contributed by atoms with van der Waals surface area (Å²) in [5.41, 5.74) is 1.22. The summed E-state index contributed by atoms with van der Waals surface area (Å²) in [6.07, 6.45) is 3.19. The largest absolute Gasteiger partial charge is 0.256 e. The molecule has 1 aliphatic carbocycles. The van der Waals surface area contributed by atoms with Gasteiger partial charge in [-0.1, -0.05) is 11.6 Å². The summed E-state index contributed by atoms with van der Waals surface area (Å²) in [5, 5.41) is 9.13. The molecule has 0 amide bonds. The summed E-state index contributed by atoms with van der Waals surface area (Å²) < 4.78 is 13.1. The van der Waals surface area contributed by atoms with E-state index in [0.717, 1.165) is 19.0 Å². The van der Waals surface area contributed by atoms with Crippen LogP contribution in [0.4, 0.5) is 4.39 Å². The van der Waals surface area contributed by atoms with Crippen molar-refractivity contribution in [3.8, 4) is 6.07 Å². The van der Waals surface area contributed by atoms with Crippen molar-refractivity contribution >= 4 is 11.6 Å². The van der Waals surface area contributed by atoms with E-state index in [1.54, 1.807) is 6.92 Å². The molecule has 1 atom stereocenters. The first-order valence-electron chi connectivity index (χ1n) is 4.85. The molecule has 1 saturated carbocycles. The molecule has 4 heteroatoms. The Labute approximate surface area is 92.7 Å². The lowest BCUT2D eigenvalue weighted by Gasteiger charge is -2.11. The molecule has 2 rings (SSSR count). The fourth-order valence-corrected chi connectivity index (χ4v) is 1.85. The molecule has 0 aliphatic heterocycles. The molecule has 1 aliphatic rings. The minimum atomic E-state index is -0.523. The van der Waals surface area contributed by atoms with Gasteiger partial charge < -0.3 is 0 Å². The molecule has 0 aromatic carbocycles. The third kappa shape index (κ3) is 1.82. The molecule has 1 aromatic rings. The van der Waals surface area contributed by atoms with E-state index in [1.807, 2.05) is 0 Å². The van der Waals surface area contributed by atoms with Gasteiger partial charge in [0, 0.05) is 0 Å². The van der Waals surface area contributed by atoms with Crippen molar-refractivity contribution in [2.75, 3.05) is 0 Å². The fraction of sp³-hybridized carbons (Fsp3) is 0.455. The second-order valence-electron chi connectivity index (χ2n) is 3.87. The van der Waals surface area contributed by atoms with Crippen LogP contribution in [0.25, 0.3) is 0 Å². The number of aromatic nitrogens is 1. The predicted octanol–water partition coefficient (Wildman–Crippen LogP) is 3.20. The maximum absolute atomic E-state index is 13.1. The van der Waals surface area contributed by atoms with Gasteiger partial charge in [0.2, 0.25) is 0 Å². The third-order valence-electron chi connectivity index (χ3n) is 2.77. The van der Waals surface area contributed by atoms with Gasteiger partial charge in [0.05, 0.1) is 28.9 Å². The number of nitrogens with zero attached hydrogens (tertiary/aromatic N) is 2. The monoisotopic (exact) mass is 224 g/mol. The van der Waals surface area contributed by atoms with E-state index < -0.39 is 5.82 Å². The van der Waals surface area contributed by atoms with Crippen LogP contribution in [0, 0.1) is 30.0 Å². The Balaban J connectivity index is 2.44. The molecular formula is C11H10ClFN2. The number of pyridine rings is 1. The molecule has 0 saturated heterocycles. The highest BCUT2D eigenvalue weighted by atomic mass is 35.5. The predicted molar refractivity (Wildman–Crippen MR) is 55.0 cm³/mol. The zero-order chi connectivity index (χ0) is 11.0. The average Bonchev–Trinajstić information content (AvgIpc) is 3.03. The summed E-state index contributed by atoms with van der Waals surface area (Å²) in [7, 11) is 0. The van der Waals surface area contributed by atoms with Gasteiger partial charge in [-0.15, -0.1) is 0 Å². The second-order valence-corrected chi connectivity index (χ2v) is 4.25. The van der Waals surface area contributed by atoms with E-state index in [4.69, 9.17) is 16.9 Å². The van der Waals surface area contributed by atoms with Crippen LogP contribution in [0.3, 0.4) is 0 Å². The van der Waals surface area contributed by atoms with Crippen LogP contribution < -0.4 is 0 Å². The molecule has 0 spiro atoms. The van der Waals surface area contributed by atoms with Crippen molar-refractivity contribution in [1.82, 2.24) is 4.98 Å². The van der Waals surface area contributed by atoms with E-state index in [-0.39, 0.29) is 10.9 Å². The maximum atomic E-state index is 13.1. The Bertz CT molecular complexity index is 435. The van der Waals surface area contributed by atoms with Gasteiger partial charge in [-0.2, -0.15) is 5.26 Å². The van der Waals surface area contributed by atoms with Crippen molar-refractivity contribution in [3.05, 3.63) is 28.3 Å². The second kappa shape index (κ2) is 3.79. The topological polar surface area (TPSA) is 36.7 Å². The Morgan fingerprint density at radius 3 is 2.87 bits per heavy atom. The normalized spacial score (nSPS) is 17.2. The molecule has 0 radical (unpaired) electrons. The lowest BCUT2D eigenvalue weighted by atomic mass is 9.97. The molecule has 0 bridgehead atoms. The number of hydrogen-bond donors (Lipinski definition) is 0. The third-order valence-corrected chi connectivity index (χ3v) is 3.23. The number of rotatable bonds is 2. The number of hydrogen-bond acceptors (Lipinski definition) is 2. The van der Waals surface area contributed by atoms with Crippen LogP contribution in [0.15, 0.2) is 6.20 Å². The van der Waals surface area contributed by atoms with Crippen LogP contribution in [-0.4, -0.2) is 4.98 Å². The summed E-state index contributed by atoms with van der Waals surface area (Å²) in [6.45, 7) is 1.71. The van der Waals surface area contributed by atoms with Crippen molar-refractivity contribution in [1.29, 1.82) is 5.26 Å². The Kier molecular flexibility index (Phi) is 2.62. The molecule has 78 valence electrons. The molecule has 1 unspecified atom stereocenters. The van der Waals surface area contributed by atoms with Crippen LogP contribution in [0.2, 0.25) is 5.02 Å².